The standard InChI is InChI=1S/C12H15NO.C10H21NS/c1-9-5-4-6-12(7-9)10(2)8-13-11(3)14;1-10(2,3)12-11-9-7-5-4-6-8-9/h4-7H,2,8H2,1,3H3,(H,13,14);9,11H,4-8H2,1-3H3. The molecule has 0 spiro atoms. The first-order valence-corrected chi connectivity index (χ1v) is 10.4. The van der Waals surface area contributed by atoms with E-state index < -0.39 is 0 Å². The summed E-state index contributed by atoms with van der Waals surface area (Å²) in [6.45, 7) is 14.7. The molecule has 0 aliphatic heterocycles. The molecule has 0 saturated heterocycles. The Morgan fingerprint density at radius 1 is 1.23 bits per heavy atom. The average Bonchev–Trinajstić information content (AvgIpc) is 2.59. The van der Waals surface area contributed by atoms with Gasteiger partial charge in [-0.25, -0.2) is 0 Å². The van der Waals surface area contributed by atoms with Gasteiger partial charge in [0.05, 0.1) is 0 Å². The molecule has 0 bridgehead atoms. The summed E-state index contributed by atoms with van der Waals surface area (Å²) in [5, 5.41) is 2.72. The van der Waals surface area contributed by atoms with Gasteiger partial charge in [-0.15, -0.1) is 0 Å². The molecule has 1 aromatic carbocycles. The molecule has 0 heterocycles. The van der Waals surface area contributed by atoms with E-state index in [-0.39, 0.29) is 5.91 Å². The van der Waals surface area contributed by atoms with E-state index in [0.29, 0.717) is 11.3 Å². The molecule has 1 aliphatic carbocycles. The van der Waals surface area contributed by atoms with Gasteiger partial charge in [-0.2, -0.15) is 0 Å². The van der Waals surface area contributed by atoms with Crippen molar-refractivity contribution in [2.75, 3.05) is 6.54 Å². The zero-order chi connectivity index (χ0) is 19.6. The minimum absolute atomic E-state index is 0.0289. The maximum Gasteiger partial charge on any atom is 0.217 e. The lowest BCUT2D eigenvalue weighted by Crippen LogP contribution is -2.29. The van der Waals surface area contributed by atoms with Gasteiger partial charge in [-0.3, -0.25) is 9.52 Å². The Morgan fingerprint density at radius 2 is 1.88 bits per heavy atom. The van der Waals surface area contributed by atoms with E-state index >= 15 is 0 Å². The Labute approximate surface area is 164 Å². The van der Waals surface area contributed by atoms with Crippen molar-refractivity contribution in [1.82, 2.24) is 10.0 Å². The largest absolute Gasteiger partial charge is 0.352 e. The van der Waals surface area contributed by atoms with E-state index in [1.165, 1.54) is 44.6 Å². The molecule has 26 heavy (non-hydrogen) atoms. The highest BCUT2D eigenvalue weighted by molar-refractivity contribution is 7.98. The van der Waals surface area contributed by atoms with Crippen LogP contribution < -0.4 is 10.0 Å². The lowest BCUT2D eigenvalue weighted by molar-refractivity contribution is -0.118. The number of rotatable bonds is 5. The van der Waals surface area contributed by atoms with E-state index in [1.54, 1.807) is 0 Å². The Bertz CT molecular complexity index is 572. The second-order valence-corrected chi connectivity index (χ2v) is 9.71. The third-order valence-electron chi connectivity index (χ3n) is 4.11. The molecule has 1 saturated carbocycles. The molecule has 0 aromatic heterocycles. The second-order valence-electron chi connectivity index (χ2n) is 8.05. The quantitative estimate of drug-likeness (QED) is 0.667. The summed E-state index contributed by atoms with van der Waals surface area (Å²) in [6.07, 6.45) is 7.04. The molecular formula is C22H36N2OS. The van der Waals surface area contributed by atoms with E-state index in [9.17, 15) is 4.79 Å². The number of hydrogen-bond donors (Lipinski definition) is 2. The van der Waals surface area contributed by atoms with E-state index in [1.807, 2.05) is 37.1 Å². The first-order chi connectivity index (χ1) is 12.2. The normalized spacial score (nSPS) is 15.0. The van der Waals surface area contributed by atoms with Crippen LogP contribution in [0.5, 0.6) is 0 Å². The number of nitrogens with one attached hydrogen (secondary N) is 2. The Morgan fingerprint density at radius 3 is 2.42 bits per heavy atom. The molecule has 0 unspecified atom stereocenters. The van der Waals surface area contributed by atoms with Gasteiger partial charge in [0.1, 0.15) is 0 Å². The fourth-order valence-corrected chi connectivity index (χ4v) is 3.43. The molecule has 1 aliphatic rings. The highest BCUT2D eigenvalue weighted by Crippen LogP contribution is 2.25. The summed E-state index contributed by atoms with van der Waals surface area (Å²) >= 11 is 1.89. The SMILES string of the molecule is C=C(CNC(C)=O)c1cccc(C)c1.CC(C)(C)SNC1CCCCC1. The van der Waals surface area contributed by atoms with Gasteiger partial charge in [-0.05, 0) is 51.7 Å². The molecule has 0 atom stereocenters. The maximum absolute atomic E-state index is 10.7. The summed E-state index contributed by atoms with van der Waals surface area (Å²) < 4.78 is 3.94. The zero-order valence-electron chi connectivity index (χ0n) is 17.2. The van der Waals surface area contributed by atoms with Crippen molar-refractivity contribution in [2.24, 2.45) is 0 Å². The maximum atomic E-state index is 10.7. The Balaban J connectivity index is 0.000000263. The minimum atomic E-state index is -0.0289. The number of aryl methyl sites for hydroxylation is 1. The van der Waals surface area contributed by atoms with Crippen LogP contribution in [-0.2, 0) is 4.79 Å². The molecule has 2 N–H and O–H groups in total. The number of carbonyl (C=O) groups excluding carboxylic acids is 1. The van der Waals surface area contributed by atoms with Gasteiger partial charge >= 0.3 is 0 Å². The van der Waals surface area contributed by atoms with Crippen LogP contribution in [0.4, 0.5) is 0 Å². The molecule has 1 fully saturated rings. The Hall–Kier alpha value is -1.26. The van der Waals surface area contributed by atoms with Gasteiger partial charge in [0.2, 0.25) is 5.91 Å². The Kier molecular flexibility index (Phi) is 10.0. The number of carbonyl (C=O) groups is 1. The first-order valence-electron chi connectivity index (χ1n) is 9.60. The van der Waals surface area contributed by atoms with Gasteiger partial charge in [0, 0.05) is 24.3 Å². The predicted molar refractivity (Wildman–Crippen MR) is 116 cm³/mol. The summed E-state index contributed by atoms with van der Waals surface area (Å²) in [5.74, 6) is -0.0289. The van der Waals surface area contributed by atoms with Crippen molar-refractivity contribution in [3.05, 3.63) is 42.0 Å². The molecule has 0 radical (unpaired) electrons. The lowest BCUT2D eigenvalue weighted by atomic mass is 9.96. The highest BCUT2D eigenvalue weighted by atomic mass is 32.2. The van der Waals surface area contributed by atoms with Crippen molar-refractivity contribution in [3.63, 3.8) is 0 Å². The number of amides is 1. The first kappa shape index (κ1) is 22.8. The van der Waals surface area contributed by atoms with E-state index in [2.05, 4.69) is 43.5 Å². The van der Waals surface area contributed by atoms with Crippen LogP contribution in [-0.4, -0.2) is 23.2 Å². The molecule has 146 valence electrons. The molecular weight excluding hydrogens is 340 g/mol. The monoisotopic (exact) mass is 376 g/mol. The highest BCUT2D eigenvalue weighted by Gasteiger charge is 2.17. The van der Waals surface area contributed by atoms with Crippen molar-refractivity contribution in [3.8, 4) is 0 Å². The summed E-state index contributed by atoms with van der Waals surface area (Å²) in [6, 6.07) is 8.86. The predicted octanol–water partition coefficient (Wildman–Crippen LogP) is 5.50. The van der Waals surface area contributed by atoms with Gasteiger partial charge < -0.3 is 5.32 Å². The molecule has 4 heteroatoms. The van der Waals surface area contributed by atoms with Crippen molar-refractivity contribution < 1.29 is 4.79 Å². The molecule has 1 aromatic rings. The second kappa shape index (κ2) is 11.5. The van der Waals surface area contributed by atoms with Crippen LogP contribution in [0.1, 0.15) is 70.9 Å². The average molecular weight is 377 g/mol. The zero-order valence-corrected chi connectivity index (χ0v) is 18.0. The van der Waals surface area contributed by atoms with Crippen molar-refractivity contribution in [2.45, 2.75) is 77.5 Å². The van der Waals surface area contributed by atoms with Gasteiger partial charge in [0.15, 0.2) is 0 Å². The fraction of sp³-hybridized carbons (Fsp3) is 0.591. The van der Waals surface area contributed by atoms with Crippen LogP contribution in [0, 0.1) is 6.92 Å². The third kappa shape index (κ3) is 10.7. The summed E-state index contributed by atoms with van der Waals surface area (Å²) in [4.78, 5) is 10.7. The topological polar surface area (TPSA) is 41.1 Å². The van der Waals surface area contributed by atoms with E-state index in [0.717, 1.165) is 17.2 Å². The lowest BCUT2D eigenvalue weighted by Gasteiger charge is -2.26. The molecule has 1 amide bonds. The van der Waals surface area contributed by atoms with Crippen molar-refractivity contribution in [1.29, 1.82) is 0 Å². The smallest absolute Gasteiger partial charge is 0.217 e. The number of hydrogen-bond acceptors (Lipinski definition) is 3. The molecule has 3 nitrogen and oxygen atoms in total. The van der Waals surface area contributed by atoms with Crippen LogP contribution in [0.2, 0.25) is 0 Å². The molecule has 2 rings (SSSR count). The van der Waals surface area contributed by atoms with Crippen LogP contribution in [0.15, 0.2) is 30.8 Å². The van der Waals surface area contributed by atoms with Gasteiger partial charge in [0.25, 0.3) is 0 Å². The van der Waals surface area contributed by atoms with Crippen molar-refractivity contribution >= 4 is 23.4 Å². The number of benzene rings is 1. The minimum Gasteiger partial charge on any atom is -0.352 e. The van der Waals surface area contributed by atoms with Crippen LogP contribution in [0.25, 0.3) is 5.57 Å². The summed E-state index contributed by atoms with van der Waals surface area (Å²) in [7, 11) is 0. The fourth-order valence-electron chi connectivity index (χ4n) is 2.68. The van der Waals surface area contributed by atoms with Gasteiger partial charge in [-0.1, -0.05) is 67.6 Å². The van der Waals surface area contributed by atoms with Crippen LogP contribution >= 0.6 is 11.9 Å². The summed E-state index contributed by atoms with van der Waals surface area (Å²) in [5.41, 5.74) is 3.22. The third-order valence-corrected chi connectivity index (χ3v) is 5.18. The van der Waals surface area contributed by atoms with Crippen LogP contribution in [0.3, 0.4) is 0 Å². The van der Waals surface area contributed by atoms with E-state index in [4.69, 9.17) is 0 Å².